The van der Waals surface area contributed by atoms with E-state index in [1.54, 1.807) is 0 Å². The molecule has 13 heavy (non-hydrogen) atoms. The molecule has 1 aliphatic carbocycles. The zero-order valence-corrected chi connectivity index (χ0v) is 8.33. The lowest BCUT2D eigenvalue weighted by Gasteiger charge is -2.15. The predicted molar refractivity (Wildman–Crippen MR) is 53.5 cm³/mol. The van der Waals surface area contributed by atoms with Gasteiger partial charge in [-0.3, -0.25) is 0 Å². The van der Waals surface area contributed by atoms with E-state index in [-0.39, 0.29) is 5.41 Å². The average Bonchev–Trinajstić information content (AvgIpc) is 2.47. The van der Waals surface area contributed by atoms with Gasteiger partial charge in [-0.25, -0.2) is 9.97 Å². The van der Waals surface area contributed by atoms with Crippen molar-refractivity contribution in [2.45, 2.75) is 32.6 Å². The largest absolute Gasteiger partial charge is 0.240 e. The number of rotatable bonds is 0. The lowest BCUT2D eigenvalue weighted by molar-refractivity contribution is 0.542. The smallest absolute Gasteiger partial charge is 0.134 e. The van der Waals surface area contributed by atoms with Gasteiger partial charge in [-0.1, -0.05) is 32.9 Å². The van der Waals surface area contributed by atoms with E-state index in [9.17, 15) is 0 Å². The molecule has 0 atom stereocenters. The average molecular weight is 174 g/mol. The van der Waals surface area contributed by atoms with Crippen LogP contribution in [0.4, 0.5) is 0 Å². The van der Waals surface area contributed by atoms with Crippen molar-refractivity contribution in [3.63, 3.8) is 0 Å². The second-order valence-corrected chi connectivity index (χ2v) is 4.43. The van der Waals surface area contributed by atoms with Crippen LogP contribution in [0.15, 0.2) is 6.20 Å². The molecule has 2 rings (SSSR count). The van der Waals surface area contributed by atoms with Crippen LogP contribution in [0.2, 0.25) is 0 Å². The van der Waals surface area contributed by atoms with E-state index in [0.717, 1.165) is 17.6 Å². The molecule has 0 aliphatic heterocycles. The van der Waals surface area contributed by atoms with Gasteiger partial charge in [0.1, 0.15) is 5.82 Å². The molecule has 0 bridgehead atoms. The van der Waals surface area contributed by atoms with Crippen LogP contribution in [-0.4, -0.2) is 9.97 Å². The van der Waals surface area contributed by atoms with E-state index in [2.05, 4.69) is 42.9 Å². The van der Waals surface area contributed by atoms with Crippen molar-refractivity contribution in [1.82, 2.24) is 9.97 Å². The first-order valence-electron chi connectivity index (χ1n) is 4.61. The van der Waals surface area contributed by atoms with E-state index in [1.807, 2.05) is 6.20 Å². The molecular formula is C11H14N2. The van der Waals surface area contributed by atoms with Crippen molar-refractivity contribution in [3.8, 4) is 0 Å². The summed E-state index contributed by atoms with van der Waals surface area (Å²) >= 11 is 0. The third-order valence-corrected chi connectivity index (χ3v) is 2.17. The summed E-state index contributed by atoms with van der Waals surface area (Å²) in [5.74, 6) is 0.929. The Morgan fingerprint density at radius 2 is 2.00 bits per heavy atom. The maximum atomic E-state index is 4.53. The quantitative estimate of drug-likeness (QED) is 0.579. The second kappa shape index (κ2) is 2.66. The Kier molecular flexibility index (Phi) is 1.72. The minimum absolute atomic E-state index is 0.0471. The molecule has 0 fully saturated rings. The second-order valence-electron chi connectivity index (χ2n) is 4.43. The molecule has 0 spiro atoms. The van der Waals surface area contributed by atoms with Gasteiger partial charge in [0.25, 0.3) is 0 Å². The maximum Gasteiger partial charge on any atom is 0.134 e. The molecule has 1 aromatic rings. The van der Waals surface area contributed by atoms with Gasteiger partial charge in [0, 0.05) is 16.8 Å². The zero-order valence-electron chi connectivity index (χ0n) is 8.33. The maximum absolute atomic E-state index is 4.53. The van der Waals surface area contributed by atoms with Gasteiger partial charge in [-0.2, -0.15) is 0 Å². The van der Waals surface area contributed by atoms with Gasteiger partial charge in [-0.15, -0.1) is 0 Å². The van der Waals surface area contributed by atoms with Crippen LogP contribution in [0.1, 0.15) is 33.0 Å². The van der Waals surface area contributed by atoms with Crippen LogP contribution in [-0.2, 0) is 5.41 Å². The molecule has 2 heteroatoms. The fraction of sp³-hybridized carbons (Fsp3) is 0.455. The van der Waals surface area contributed by atoms with Crippen LogP contribution in [0.3, 0.4) is 0 Å². The van der Waals surface area contributed by atoms with Gasteiger partial charge >= 0.3 is 0 Å². The third kappa shape index (κ3) is 1.48. The van der Waals surface area contributed by atoms with Crippen LogP contribution in [0.25, 0.3) is 12.2 Å². The normalized spacial score (nSPS) is 14.7. The van der Waals surface area contributed by atoms with Gasteiger partial charge in [0.15, 0.2) is 0 Å². The van der Waals surface area contributed by atoms with Crippen molar-refractivity contribution in [1.29, 1.82) is 0 Å². The molecule has 68 valence electrons. The van der Waals surface area contributed by atoms with Crippen molar-refractivity contribution in [2.24, 2.45) is 0 Å². The third-order valence-electron chi connectivity index (χ3n) is 2.17. The Balaban J connectivity index is 2.62. The van der Waals surface area contributed by atoms with E-state index in [1.165, 1.54) is 5.22 Å². The monoisotopic (exact) mass is 174 g/mol. The molecular weight excluding hydrogens is 160 g/mol. The van der Waals surface area contributed by atoms with Crippen molar-refractivity contribution in [2.75, 3.05) is 0 Å². The molecule has 1 heterocycles. The Hall–Kier alpha value is -1.18. The molecule has 0 saturated heterocycles. The van der Waals surface area contributed by atoms with Crippen molar-refractivity contribution < 1.29 is 0 Å². The molecule has 1 aliphatic rings. The first kappa shape index (κ1) is 8.42. The Labute approximate surface area is 78.0 Å². The number of hydrogen-bond acceptors (Lipinski definition) is 2. The molecule has 1 aromatic heterocycles. The van der Waals surface area contributed by atoms with Gasteiger partial charge < -0.3 is 0 Å². The summed E-state index contributed by atoms with van der Waals surface area (Å²) in [7, 11) is 0. The number of fused-ring (bicyclic) bond motifs is 1. The first-order valence-corrected chi connectivity index (χ1v) is 4.61. The standard InChI is InChI=1S/C11H14N2/c1-11(2,3)10-12-7-8-5-4-6-9(8)13-10/h5-7H,4H2,1-3H3. The number of aromatic nitrogens is 2. The first-order chi connectivity index (χ1) is 6.07. The zero-order chi connectivity index (χ0) is 9.47. The summed E-state index contributed by atoms with van der Waals surface area (Å²) in [4.78, 5) is 8.89. The highest BCUT2D eigenvalue weighted by atomic mass is 14.9. The van der Waals surface area contributed by atoms with Crippen molar-refractivity contribution >= 4 is 12.2 Å². The van der Waals surface area contributed by atoms with Crippen molar-refractivity contribution in [3.05, 3.63) is 22.6 Å². The van der Waals surface area contributed by atoms with Crippen LogP contribution in [0, 0.1) is 0 Å². The molecule has 0 aromatic carbocycles. The molecule has 0 saturated carbocycles. The minimum Gasteiger partial charge on any atom is -0.240 e. The molecule has 0 amide bonds. The SMILES string of the molecule is CC(C)(C)c1ncc2c(n1)=CCC=2. The van der Waals surface area contributed by atoms with E-state index < -0.39 is 0 Å². The summed E-state index contributed by atoms with van der Waals surface area (Å²) in [5, 5.41) is 2.27. The van der Waals surface area contributed by atoms with E-state index >= 15 is 0 Å². The van der Waals surface area contributed by atoms with Gasteiger partial charge in [0.2, 0.25) is 0 Å². The Morgan fingerprint density at radius 1 is 1.23 bits per heavy atom. The molecule has 0 N–H and O–H groups in total. The van der Waals surface area contributed by atoms with Crippen LogP contribution < -0.4 is 10.6 Å². The number of hydrogen-bond donors (Lipinski definition) is 0. The topological polar surface area (TPSA) is 25.8 Å². The lowest BCUT2D eigenvalue weighted by Crippen LogP contribution is -2.31. The van der Waals surface area contributed by atoms with E-state index in [0.29, 0.717) is 0 Å². The lowest BCUT2D eigenvalue weighted by atomic mass is 9.96. The highest BCUT2D eigenvalue weighted by molar-refractivity contribution is 5.43. The molecule has 2 nitrogen and oxygen atoms in total. The molecule has 0 unspecified atom stereocenters. The summed E-state index contributed by atoms with van der Waals surface area (Å²) < 4.78 is 0. The Bertz CT molecular complexity index is 438. The van der Waals surface area contributed by atoms with Crippen LogP contribution >= 0.6 is 0 Å². The highest BCUT2D eigenvalue weighted by Gasteiger charge is 2.16. The summed E-state index contributed by atoms with van der Waals surface area (Å²) in [6, 6.07) is 0. The minimum atomic E-state index is 0.0471. The Morgan fingerprint density at radius 3 is 2.69 bits per heavy atom. The van der Waals surface area contributed by atoms with Gasteiger partial charge in [0.05, 0.1) is 5.35 Å². The fourth-order valence-corrected chi connectivity index (χ4v) is 1.38. The van der Waals surface area contributed by atoms with Crippen LogP contribution in [0.5, 0.6) is 0 Å². The summed E-state index contributed by atoms with van der Waals surface area (Å²) in [6.07, 6.45) is 7.22. The van der Waals surface area contributed by atoms with Gasteiger partial charge in [-0.05, 0) is 6.42 Å². The molecule has 0 radical (unpaired) electrons. The fourth-order valence-electron chi connectivity index (χ4n) is 1.38. The summed E-state index contributed by atoms with van der Waals surface area (Å²) in [5.41, 5.74) is 0.0471. The predicted octanol–water partition coefficient (Wildman–Crippen LogP) is 0.739. The van der Waals surface area contributed by atoms with E-state index in [4.69, 9.17) is 0 Å². The number of nitrogens with zero attached hydrogens (tertiary/aromatic N) is 2. The summed E-state index contributed by atoms with van der Waals surface area (Å²) in [6.45, 7) is 6.40. The highest BCUT2D eigenvalue weighted by Crippen LogP contribution is 2.15.